The molecule has 2 unspecified atom stereocenters. The zero-order valence-corrected chi connectivity index (χ0v) is 10.1. The van der Waals surface area contributed by atoms with E-state index in [0.29, 0.717) is 5.92 Å². The van der Waals surface area contributed by atoms with Gasteiger partial charge in [-0.2, -0.15) is 0 Å². The van der Waals surface area contributed by atoms with Gasteiger partial charge in [-0.15, -0.1) is 0 Å². The van der Waals surface area contributed by atoms with Crippen molar-refractivity contribution in [3.05, 3.63) is 33.8 Å². The van der Waals surface area contributed by atoms with Gasteiger partial charge in [-0.3, -0.25) is 0 Å². The van der Waals surface area contributed by atoms with Crippen LogP contribution in [-0.2, 0) is 0 Å². The fourth-order valence-corrected chi connectivity index (χ4v) is 2.78. The monoisotopic (exact) mass is 243 g/mol. The molecule has 0 amide bonds. The Morgan fingerprint density at radius 1 is 1.13 bits per heavy atom. The average Bonchev–Trinajstić information content (AvgIpc) is 2.23. The van der Waals surface area contributed by atoms with Gasteiger partial charge in [0.25, 0.3) is 0 Å². The largest absolute Gasteiger partial charge is 0.327 e. The van der Waals surface area contributed by atoms with Gasteiger partial charge in [-0.1, -0.05) is 36.0 Å². The second-order valence-corrected chi connectivity index (χ2v) is 5.06. The zero-order valence-electron chi connectivity index (χ0n) is 8.55. The van der Waals surface area contributed by atoms with Crippen LogP contribution >= 0.6 is 23.2 Å². The summed E-state index contributed by atoms with van der Waals surface area (Å²) in [7, 11) is 0. The van der Waals surface area contributed by atoms with E-state index in [4.69, 9.17) is 28.9 Å². The molecule has 0 aliphatic heterocycles. The molecule has 0 radical (unpaired) electrons. The van der Waals surface area contributed by atoms with E-state index in [0.717, 1.165) is 28.5 Å². The SMILES string of the molecule is NC1CCCCC1c1cc(Cl)ccc1Cl. The summed E-state index contributed by atoms with van der Waals surface area (Å²) in [5.74, 6) is 0.380. The molecule has 0 bridgehead atoms. The third kappa shape index (κ3) is 2.47. The van der Waals surface area contributed by atoms with Crippen molar-refractivity contribution in [2.45, 2.75) is 37.6 Å². The minimum Gasteiger partial charge on any atom is -0.327 e. The number of rotatable bonds is 1. The average molecular weight is 244 g/mol. The van der Waals surface area contributed by atoms with Crippen LogP contribution in [0, 0.1) is 0 Å². The molecule has 1 saturated carbocycles. The van der Waals surface area contributed by atoms with E-state index < -0.39 is 0 Å². The Kier molecular flexibility index (Phi) is 3.55. The van der Waals surface area contributed by atoms with Crippen molar-refractivity contribution in [1.82, 2.24) is 0 Å². The highest BCUT2D eigenvalue weighted by atomic mass is 35.5. The Morgan fingerprint density at radius 2 is 1.87 bits per heavy atom. The topological polar surface area (TPSA) is 26.0 Å². The minimum atomic E-state index is 0.231. The van der Waals surface area contributed by atoms with Crippen molar-refractivity contribution in [3.8, 4) is 0 Å². The predicted molar refractivity (Wildman–Crippen MR) is 65.6 cm³/mol. The van der Waals surface area contributed by atoms with Crippen LogP contribution in [0.25, 0.3) is 0 Å². The van der Waals surface area contributed by atoms with Crippen molar-refractivity contribution in [3.63, 3.8) is 0 Å². The summed E-state index contributed by atoms with van der Waals surface area (Å²) in [5, 5.41) is 1.54. The van der Waals surface area contributed by atoms with Crippen molar-refractivity contribution in [2.75, 3.05) is 0 Å². The van der Waals surface area contributed by atoms with Crippen molar-refractivity contribution < 1.29 is 0 Å². The van der Waals surface area contributed by atoms with Gasteiger partial charge < -0.3 is 5.73 Å². The number of nitrogens with two attached hydrogens (primary N) is 1. The Labute approximate surface area is 101 Å². The molecule has 1 aromatic rings. The lowest BCUT2D eigenvalue weighted by molar-refractivity contribution is 0.385. The summed E-state index contributed by atoms with van der Waals surface area (Å²) < 4.78 is 0. The molecule has 2 rings (SSSR count). The van der Waals surface area contributed by atoms with E-state index in [1.807, 2.05) is 18.2 Å². The highest BCUT2D eigenvalue weighted by molar-refractivity contribution is 6.33. The summed E-state index contributed by atoms with van der Waals surface area (Å²) in [6, 6.07) is 5.87. The van der Waals surface area contributed by atoms with E-state index in [1.54, 1.807) is 0 Å². The highest BCUT2D eigenvalue weighted by Gasteiger charge is 2.25. The molecule has 2 atom stereocenters. The van der Waals surface area contributed by atoms with Crippen LogP contribution < -0.4 is 5.73 Å². The van der Waals surface area contributed by atoms with Crippen LogP contribution in [0.15, 0.2) is 18.2 Å². The van der Waals surface area contributed by atoms with Gasteiger partial charge >= 0.3 is 0 Å². The third-order valence-corrected chi connectivity index (χ3v) is 3.76. The second-order valence-electron chi connectivity index (χ2n) is 4.22. The van der Waals surface area contributed by atoms with Gasteiger partial charge in [0.05, 0.1) is 0 Å². The molecule has 0 aromatic heterocycles. The summed E-state index contributed by atoms with van der Waals surface area (Å²) in [6.07, 6.45) is 4.69. The lowest BCUT2D eigenvalue weighted by Gasteiger charge is -2.29. The first kappa shape index (κ1) is 11.3. The summed E-state index contributed by atoms with van der Waals surface area (Å²) in [4.78, 5) is 0. The maximum absolute atomic E-state index is 6.18. The minimum absolute atomic E-state index is 0.231. The van der Waals surface area contributed by atoms with Crippen LogP contribution in [0.5, 0.6) is 0 Å². The molecule has 3 heteroatoms. The van der Waals surface area contributed by atoms with Crippen LogP contribution in [0.3, 0.4) is 0 Å². The molecule has 1 nitrogen and oxygen atoms in total. The molecule has 82 valence electrons. The Morgan fingerprint density at radius 3 is 2.60 bits per heavy atom. The van der Waals surface area contributed by atoms with Crippen LogP contribution in [0.2, 0.25) is 10.0 Å². The number of hydrogen-bond donors (Lipinski definition) is 1. The molecule has 15 heavy (non-hydrogen) atoms. The van der Waals surface area contributed by atoms with Crippen molar-refractivity contribution in [1.29, 1.82) is 0 Å². The summed E-state index contributed by atoms with van der Waals surface area (Å²) >= 11 is 12.2. The fraction of sp³-hybridized carbons (Fsp3) is 0.500. The fourth-order valence-electron chi connectivity index (χ4n) is 2.34. The standard InChI is InChI=1S/C12H15Cl2N/c13-8-5-6-11(14)10(7-8)9-3-1-2-4-12(9)15/h5-7,9,12H,1-4,15H2. The zero-order chi connectivity index (χ0) is 10.8. The van der Waals surface area contributed by atoms with E-state index in [-0.39, 0.29) is 6.04 Å². The maximum atomic E-state index is 6.18. The van der Waals surface area contributed by atoms with Gasteiger partial charge in [0.1, 0.15) is 0 Å². The molecule has 1 aliphatic rings. The van der Waals surface area contributed by atoms with Gasteiger partial charge in [-0.25, -0.2) is 0 Å². The molecule has 1 fully saturated rings. The Balaban J connectivity index is 2.30. The highest BCUT2D eigenvalue weighted by Crippen LogP contribution is 2.36. The van der Waals surface area contributed by atoms with Gasteiger partial charge in [0.2, 0.25) is 0 Å². The first-order valence-electron chi connectivity index (χ1n) is 5.39. The number of halogens is 2. The normalized spacial score (nSPS) is 26.6. The molecule has 2 N–H and O–H groups in total. The Bertz CT molecular complexity index is 351. The maximum Gasteiger partial charge on any atom is 0.0442 e. The molecule has 0 heterocycles. The van der Waals surface area contributed by atoms with E-state index in [1.165, 1.54) is 12.8 Å². The predicted octanol–water partition coefficient (Wildman–Crippen LogP) is 3.98. The number of benzene rings is 1. The summed E-state index contributed by atoms with van der Waals surface area (Å²) in [5.41, 5.74) is 7.25. The van der Waals surface area contributed by atoms with Crippen molar-refractivity contribution in [2.24, 2.45) is 5.73 Å². The van der Waals surface area contributed by atoms with E-state index in [2.05, 4.69) is 0 Å². The lowest BCUT2D eigenvalue weighted by atomic mass is 9.80. The van der Waals surface area contributed by atoms with Crippen molar-refractivity contribution >= 4 is 23.2 Å². The molecule has 0 saturated heterocycles. The van der Waals surface area contributed by atoms with Crippen LogP contribution in [-0.4, -0.2) is 6.04 Å². The molecule has 1 aliphatic carbocycles. The molecular weight excluding hydrogens is 229 g/mol. The van der Waals surface area contributed by atoms with Gasteiger partial charge in [-0.05, 0) is 36.6 Å². The molecular formula is C12H15Cl2N. The first-order chi connectivity index (χ1) is 7.18. The third-order valence-electron chi connectivity index (χ3n) is 3.18. The second kappa shape index (κ2) is 4.73. The van der Waals surface area contributed by atoms with E-state index >= 15 is 0 Å². The van der Waals surface area contributed by atoms with Crippen LogP contribution in [0.4, 0.5) is 0 Å². The first-order valence-corrected chi connectivity index (χ1v) is 6.14. The van der Waals surface area contributed by atoms with Crippen LogP contribution in [0.1, 0.15) is 37.2 Å². The summed E-state index contributed by atoms with van der Waals surface area (Å²) in [6.45, 7) is 0. The number of hydrogen-bond acceptors (Lipinski definition) is 1. The Hall–Kier alpha value is -0.240. The quantitative estimate of drug-likeness (QED) is 0.794. The molecule has 1 aromatic carbocycles. The van der Waals surface area contributed by atoms with E-state index in [9.17, 15) is 0 Å². The smallest absolute Gasteiger partial charge is 0.0442 e. The van der Waals surface area contributed by atoms with Gasteiger partial charge in [0, 0.05) is 22.0 Å². The molecule has 0 spiro atoms. The van der Waals surface area contributed by atoms with Gasteiger partial charge in [0.15, 0.2) is 0 Å². The lowest BCUT2D eigenvalue weighted by Crippen LogP contribution is -2.31.